The van der Waals surface area contributed by atoms with E-state index < -0.39 is 5.97 Å². The van der Waals surface area contributed by atoms with Crippen LogP contribution in [-0.2, 0) is 0 Å². The molecular formula is C26H39N3O2. The molecule has 0 bridgehead atoms. The number of unbranched alkanes of at least 4 members (excludes halogenated alkanes) is 1. The molecule has 170 valence electrons. The van der Waals surface area contributed by atoms with Crippen LogP contribution in [0, 0.1) is 10.8 Å². The average molecular weight is 426 g/mol. The summed E-state index contributed by atoms with van der Waals surface area (Å²) in [4.78, 5) is 18.0. The number of hydrogen-bond acceptors (Lipinski definition) is 4. The first-order chi connectivity index (χ1) is 14.5. The highest BCUT2D eigenvalue weighted by Gasteiger charge is 2.27. The lowest BCUT2D eigenvalue weighted by atomic mass is 9.78. The summed E-state index contributed by atoms with van der Waals surface area (Å²) in [5.41, 5.74) is 8.65. The highest BCUT2D eigenvalue weighted by atomic mass is 16.4. The van der Waals surface area contributed by atoms with Crippen LogP contribution in [0.4, 0.5) is 5.82 Å². The first-order valence-corrected chi connectivity index (χ1v) is 11.3. The number of nitrogens with two attached hydrogens (primary N) is 1. The number of allylic oxidation sites excluding steroid dienone is 4. The minimum atomic E-state index is -0.964. The van der Waals surface area contributed by atoms with Crippen LogP contribution >= 0.6 is 0 Å². The molecule has 0 fully saturated rings. The predicted molar refractivity (Wildman–Crippen MR) is 129 cm³/mol. The minimum Gasteiger partial charge on any atom is -0.478 e. The number of carboxylic acid groups (broad SMARTS) is 1. The summed E-state index contributed by atoms with van der Waals surface area (Å²) in [5.74, 6) is -0.187. The summed E-state index contributed by atoms with van der Waals surface area (Å²) in [6.45, 7) is 15.0. The van der Waals surface area contributed by atoms with E-state index in [-0.39, 0.29) is 22.4 Å². The maximum absolute atomic E-state index is 11.3. The molecule has 5 heteroatoms. The van der Waals surface area contributed by atoms with Crippen molar-refractivity contribution < 1.29 is 9.90 Å². The summed E-state index contributed by atoms with van der Waals surface area (Å²) in [6, 6.07) is 3.45. The van der Waals surface area contributed by atoms with Gasteiger partial charge in [-0.1, -0.05) is 65.8 Å². The predicted octanol–water partition coefficient (Wildman–Crippen LogP) is 5.60. The minimum absolute atomic E-state index is 0.00284. The molecule has 0 aromatic carbocycles. The Morgan fingerprint density at radius 1 is 1.16 bits per heavy atom. The molecule has 0 spiro atoms. The Balaban J connectivity index is 2.50. The number of carboxylic acids is 1. The Morgan fingerprint density at radius 2 is 1.87 bits per heavy atom. The molecule has 1 unspecified atom stereocenters. The maximum Gasteiger partial charge on any atom is 0.337 e. The van der Waals surface area contributed by atoms with Gasteiger partial charge in [-0.05, 0) is 59.9 Å². The summed E-state index contributed by atoms with van der Waals surface area (Å²) < 4.78 is 0. The van der Waals surface area contributed by atoms with Crippen molar-refractivity contribution in [3.8, 4) is 0 Å². The van der Waals surface area contributed by atoms with E-state index >= 15 is 0 Å². The van der Waals surface area contributed by atoms with Crippen LogP contribution in [0.15, 0.2) is 53.8 Å². The lowest BCUT2D eigenvalue weighted by Gasteiger charge is -2.31. The van der Waals surface area contributed by atoms with E-state index in [0.717, 1.165) is 31.6 Å². The van der Waals surface area contributed by atoms with Crippen molar-refractivity contribution in [2.24, 2.45) is 16.6 Å². The van der Waals surface area contributed by atoms with E-state index in [1.54, 1.807) is 12.1 Å². The van der Waals surface area contributed by atoms with Gasteiger partial charge in [-0.3, -0.25) is 0 Å². The zero-order valence-corrected chi connectivity index (χ0v) is 20.0. The molecule has 1 atom stereocenters. The Hall–Kier alpha value is -2.40. The number of hydrogen-bond donors (Lipinski definition) is 2. The molecular weight excluding hydrogens is 386 g/mol. The van der Waals surface area contributed by atoms with E-state index in [4.69, 9.17) is 5.73 Å². The number of rotatable bonds is 9. The fraction of sp³-hybridized carbons (Fsp3) is 0.538. The second-order valence-corrected chi connectivity index (χ2v) is 9.96. The van der Waals surface area contributed by atoms with Crippen LogP contribution in [0.5, 0.6) is 0 Å². The molecule has 31 heavy (non-hydrogen) atoms. The van der Waals surface area contributed by atoms with Gasteiger partial charge in [0.15, 0.2) is 0 Å². The molecule has 2 rings (SSSR count). The number of aromatic nitrogens is 1. The first kappa shape index (κ1) is 24.9. The van der Waals surface area contributed by atoms with Crippen molar-refractivity contribution >= 4 is 11.8 Å². The van der Waals surface area contributed by atoms with E-state index in [1.165, 1.54) is 17.3 Å². The standard InChI is InChI=1S/C26H39N3O2/c1-7-26(5,6)20-11-12-22(17-21(16-20)25(2,3)4)29(15-9-8-14-27)23-13-10-19(18-28-23)24(30)31/h10-13,16-18,22H,7-9,14-15,27H2,1-6H3,(H,30,31). The van der Waals surface area contributed by atoms with Gasteiger partial charge in [0.05, 0.1) is 11.6 Å². The summed E-state index contributed by atoms with van der Waals surface area (Å²) in [5, 5.41) is 9.23. The van der Waals surface area contributed by atoms with Gasteiger partial charge in [0.25, 0.3) is 0 Å². The molecule has 3 N–H and O–H groups in total. The smallest absolute Gasteiger partial charge is 0.337 e. The summed E-state index contributed by atoms with van der Waals surface area (Å²) >= 11 is 0. The Kier molecular flexibility index (Phi) is 8.24. The van der Waals surface area contributed by atoms with Crippen molar-refractivity contribution in [2.45, 2.75) is 66.8 Å². The highest BCUT2D eigenvalue weighted by Crippen LogP contribution is 2.38. The number of nitrogens with zero attached hydrogens (tertiary/aromatic N) is 2. The highest BCUT2D eigenvalue weighted by molar-refractivity contribution is 5.87. The van der Waals surface area contributed by atoms with Crippen molar-refractivity contribution in [3.05, 3.63) is 59.3 Å². The molecule has 0 saturated heterocycles. The van der Waals surface area contributed by atoms with E-state index in [2.05, 4.69) is 75.7 Å². The van der Waals surface area contributed by atoms with E-state index in [1.807, 2.05) is 0 Å². The molecule has 0 radical (unpaired) electrons. The lowest BCUT2D eigenvalue weighted by Crippen LogP contribution is -2.35. The molecule has 5 nitrogen and oxygen atoms in total. The van der Waals surface area contributed by atoms with Crippen LogP contribution in [0.1, 0.15) is 71.2 Å². The normalized spacial score (nSPS) is 17.1. The zero-order chi connectivity index (χ0) is 23.2. The number of anilines is 1. The fourth-order valence-corrected chi connectivity index (χ4v) is 3.52. The van der Waals surface area contributed by atoms with Gasteiger partial charge in [-0.15, -0.1) is 0 Å². The second kappa shape index (κ2) is 10.3. The van der Waals surface area contributed by atoms with Gasteiger partial charge in [0, 0.05) is 12.7 Å². The number of aromatic carboxylic acids is 1. The van der Waals surface area contributed by atoms with Crippen LogP contribution in [0.25, 0.3) is 0 Å². The number of carbonyl (C=O) groups is 1. The van der Waals surface area contributed by atoms with Crippen LogP contribution in [0.3, 0.4) is 0 Å². The van der Waals surface area contributed by atoms with Crippen LogP contribution in [-0.4, -0.2) is 35.2 Å². The molecule has 0 aliphatic heterocycles. The molecule has 0 amide bonds. The van der Waals surface area contributed by atoms with Crippen LogP contribution < -0.4 is 10.6 Å². The van der Waals surface area contributed by atoms with Gasteiger partial charge < -0.3 is 15.7 Å². The lowest BCUT2D eigenvalue weighted by molar-refractivity contribution is 0.0696. The topological polar surface area (TPSA) is 79.5 Å². The van der Waals surface area contributed by atoms with Crippen molar-refractivity contribution in [1.29, 1.82) is 0 Å². The zero-order valence-electron chi connectivity index (χ0n) is 20.0. The number of pyridine rings is 1. The third-order valence-electron chi connectivity index (χ3n) is 6.17. The van der Waals surface area contributed by atoms with Crippen LogP contribution in [0.2, 0.25) is 0 Å². The van der Waals surface area contributed by atoms with Crippen molar-refractivity contribution in [2.75, 3.05) is 18.0 Å². The molecule has 0 saturated carbocycles. The first-order valence-electron chi connectivity index (χ1n) is 11.3. The second-order valence-electron chi connectivity index (χ2n) is 9.96. The summed E-state index contributed by atoms with van der Waals surface area (Å²) in [6.07, 6.45) is 13.5. The van der Waals surface area contributed by atoms with Gasteiger partial charge >= 0.3 is 5.97 Å². The molecule has 1 aliphatic carbocycles. The van der Waals surface area contributed by atoms with Gasteiger partial charge in [0.1, 0.15) is 5.82 Å². The van der Waals surface area contributed by atoms with Crippen molar-refractivity contribution in [1.82, 2.24) is 4.98 Å². The van der Waals surface area contributed by atoms with Crippen molar-refractivity contribution in [3.63, 3.8) is 0 Å². The van der Waals surface area contributed by atoms with E-state index in [9.17, 15) is 9.90 Å². The Labute approximate surface area is 187 Å². The monoisotopic (exact) mass is 425 g/mol. The molecule has 1 aromatic rings. The molecule has 1 aliphatic rings. The third-order valence-corrected chi connectivity index (χ3v) is 6.17. The Bertz CT molecular complexity index is 842. The fourth-order valence-electron chi connectivity index (χ4n) is 3.52. The third kappa shape index (κ3) is 6.54. The average Bonchev–Trinajstić information content (AvgIpc) is 2.95. The molecule has 1 heterocycles. The molecule has 1 aromatic heterocycles. The van der Waals surface area contributed by atoms with Gasteiger partial charge in [0.2, 0.25) is 0 Å². The quantitative estimate of drug-likeness (QED) is 0.504. The van der Waals surface area contributed by atoms with Gasteiger partial charge in [-0.25, -0.2) is 9.78 Å². The largest absolute Gasteiger partial charge is 0.478 e. The summed E-state index contributed by atoms with van der Waals surface area (Å²) in [7, 11) is 0. The Morgan fingerprint density at radius 3 is 2.39 bits per heavy atom. The SMILES string of the molecule is CCC(C)(C)C1=CC(C(C)(C)C)=CC(N(CCCCN)c2ccc(C(=O)O)cn2)C=C1. The van der Waals surface area contributed by atoms with E-state index in [0.29, 0.717) is 6.54 Å². The maximum atomic E-state index is 11.3. The van der Waals surface area contributed by atoms with Gasteiger partial charge in [-0.2, -0.15) is 0 Å².